The SMILES string of the molecule is CO/N=C1/CC[C@H]2[C@@H]3C/C(=N\OCc4ccc(C)cc4)c4cc(O)c(OC)cc4[C@H]3CC[C@]12C. The van der Waals surface area contributed by atoms with E-state index in [0.717, 1.165) is 48.9 Å². The third-order valence-corrected chi connectivity index (χ3v) is 8.40. The summed E-state index contributed by atoms with van der Waals surface area (Å²) in [5, 5.41) is 19.6. The standard InChI is InChI=1S/C28H34N2O4/c1-17-5-7-18(8-6-17)16-34-29-24-13-21-19(20-15-26(32-3)25(31)14-22(20)24)11-12-28(2)23(21)9-10-27(28)30-33-4/h5-8,14-15,19,21,23,31H,9-13,16H2,1-4H3/b29-24+,30-27-/t19-,21-,23+,28+/m1/s1. The molecule has 6 nitrogen and oxygen atoms in total. The highest BCUT2D eigenvalue weighted by molar-refractivity contribution is 6.04. The molecule has 4 atom stereocenters. The minimum atomic E-state index is 0.0591. The molecule has 1 N–H and O–H groups in total. The van der Waals surface area contributed by atoms with Crippen LogP contribution in [-0.2, 0) is 16.3 Å². The maximum atomic E-state index is 10.5. The molecule has 0 saturated heterocycles. The van der Waals surface area contributed by atoms with Crippen molar-refractivity contribution in [2.75, 3.05) is 14.2 Å². The van der Waals surface area contributed by atoms with Gasteiger partial charge in [0.05, 0.1) is 18.5 Å². The van der Waals surface area contributed by atoms with Gasteiger partial charge in [-0.05, 0) is 80.0 Å². The van der Waals surface area contributed by atoms with Crippen LogP contribution in [0.15, 0.2) is 46.7 Å². The van der Waals surface area contributed by atoms with Gasteiger partial charge in [-0.15, -0.1) is 0 Å². The van der Waals surface area contributed by atoms with Crippen LogP contribution in [0, 0.1) is 24.2 Å². The Morgan fingerprint density at radius 3 is 2.62 bits per heavy atom. The van der Waals surface area contributed by atoms with E-state index in [-0.39, 0.29) is 11.2 Å². The largest absolute Gasteiger partial charge is 0.504 e. The van der Waals surface area contributed by atoms with Crippen molar-refractivity contribution < 1.29 is 19.5 Å². The number of aromatic hydroxyl groups is 1. The quantitative estimate of drug-likeness (QED) is 0.558. The summed E-state index contributed by atoms with van der Waals surface area (Å²) in [5.74, 6) is 2.00. The van der Waals surface area contributed by atoms with Crippen LogP contribution in [0.25, 0.3) is 0 Å². The Morgan fingerprint density at radius 1 is 1.09 bits per heavy atom. The molecule has 0 unspecified atom stereocenters. The molecule has 0 radical (unpaired) electrons. The van der Waals surface area contributed by atoms with Gasteiger partial charge in [0.15, 0.2) is 11.5 Å². The van der Waals surface area contributed by atoms with E-state index in [9.17, 15) is 5.11 Å². The van der Waals surface area contributed by atoms with Crippen molar-refractivity contribution in [1.29, 1.82) is 0 Å². The zero-order chi connectivity index (χ0) is 23.9. The minimum absolute atomic E-state index is 0.0591. The highest BCUT2D eigenvalue weighted by atomic mass is 16.6. The number of hydrogen-bond donors (Lipinski definition) is 1. The molecule has 0 amide bonds. The zero-order valence-corrected chi connectivity index (χ0v) is 20.5. The molecule has 2 fully saturated rings. The first-order chi connectivity index (χ1) is 16.4. The average Bonchev–Trinajstić information content (AvgIpc) is 3.16. The number of rotatable bonds is 5. The number of ether oxygens (including phenoxy) is 1. The van der Waals surface area contributed by atoms with Gasteiger partial charge in [-0.25, -0.2) is 0 Å². The summed E-state index contributed by atoms with van der Waals surface area (Å²) in [5.41, 5.74) is 6.66. The molecular weight excluding hydrogens is 428 g/mol. The molecule has 34 heavy (non-hydrogen) atoms. The first-order valence-corrected chi connectivity index (χ1v) is 12.2. The lowest BCUT2D eigenvalue weighted by Gasteiger charge is -2.49. The molecule has 3 aliphatic rings. The van der Waals surface area contributed by atoms with E-state index < -0.39 is 0 Å². The van der Waals surface area contributed by atoms with Gasteiger partial charge in [-0.3, -0.25) is 0 Å². The van der Waals surface area contributed by atoms with Crippen LogP contribution < -0.4 is 4.74 Å². The van der Waals surface area contributed by atoms with Crippen molar-refractivity contribution in [3.05, 3.63) is 58.7 Å². The Hall–Kier alpha value is -3.02. The van der Waals surface area contributed by atoms with Gasteiger partial charge in [0.1, 0.15) is 13.7 Å². The van der Waals surface area contributed by atoms with Gasteiger partial charge in [0, 0.05) is 11.0 Å². The molecule has 0 aliphatic heterocycles. The number of fused-ring (bicyclic) bond motifs is 5. The highest BCUT2D eigenvalue weighted by Gasteiger charge is 2.54. The number of aryl methyl sites for hydroxylation is 1. The molecule has 2 aromatic carbocycles. The zero-order valence-electron chi connectivity index (χ0n) is 20.5. The molecule has 3 aliphatic carbocycles. The van der Waals surface area contributed by atoms with E-state index in [1.807, 2.05) is 6.07 Å². The molecule has 180 valence electrons. The average molecular weight is 463 g/mol. The predicted molar refractivity (Wildman–Crippen MR) is 133 cm³/mol. The third kappa shape index (κ3) is 3.83. The third-order valence-electron chi connectivity index (χ3n) is 8.40. The van der Waals surface area contributed by atoms with Crippen molar-refractivity contribution in [2.24, 2.45) is 27.6 Å². The lowest BCUT2D eigenvalue weighted by atomic mass is 9.55. The van der Waals surface area contributed by atoms with Crippen LogP contribution in [0.4, 0.5) is 0 Å². The monoisotopic (exact) mass is 462 g/mol. The minimum Gasteiger partial charge on any atom is -0.504 e. The van der Waals surface area contributed by atoms with Crippen LogP contribution in [-0.4, -0.2) is 30.7 Å². The first-order valence-electron chi connectivity index (χ1n) is 12.2. The molecule has 0 heterocycles. The number of methoxy groups -OCH3 is 1. The van der Waals surface area contributed by atoms with Crippen LogP contribution in [0.1, 0.15) is 67.2 Å². The Kier molecular flexibility index (Phi) is 6.00. The number of nitrogens with zero attached hydrogens (tertiary/aromatic N) is 2. The Labute approximate surface area is 201 Å². The molecule has 0 spiro atoms. The van der Waals surface area contributed by atoms with Gasteiger partial charge in [-0.2, -0.15) is 0 Å². The molecular formula is C28H34N2O4. The normalized spacial score (nSPS) is 29.9. The Bertz CT molecular complexity index is 1120. The lowest BCUT2D eigenvalue weighted by Crippen LogP contribution is -2.43. The van der Waals surface area contributed by atoms with Crippen LogP contribution >= 0.6 is 0 Å². The fraction of sp³-hybridized carbons (Fsp3) is 0.500. The van der Waals surface area contributed by atoms with E-state index in [2.05, 4.69) is 48.4 Å². The number of phenolic OH excluding ortho intramolecular Hbond substituents is 1. The van der Waals surface area contributed by atoms with Crippen LogP contribution in [0.2, 0.25) is 0 Å². The fourth-order valence-corrected chi connectivity index (χ4v) is 6.60. The van der Waals surface area contributed by atoms with Crippen molar-refractivity contribution in [3.8, 4) is 11.5 Å². The molecule has 2 saturated carbocycles. The summed E-state index contributed by atoms with van der Waals surface area (Å²) in [4.78, 5) is 11.1. The molecule has 0 bridgehead atoms. The van der Waals surface area contributed by atoms with E-state index >= 15 is 0 Å². The van der Waals surface area contributed by atoms with Crippen LogP contribution in [0.5, 0.6) is 11.5 Å². The summed E-state index contributed by atoms with van der Waals surface area (Å²) < 4.78 is 5.47. The second kappa shape index (κ2) is 8.97. The van der Waals surface area contributed by atoms with Gasteiger partial charge >= 0.3 is 0 Å². The first kappa shape index (κ1) is 22.8. The van der Waals surface area contributed by atoms with E-state index in [0.29, 0.717) is 30.1 Å². The summed E-state index contributed by atoms with van der Waals surface area (Å²) in [6.45, 7) is 4.85. The molecule has 0 aromatic heterocycles. The summed E-state index contributed by atoms with van der Waals surface area (Å²) in [7, 11) is 3.24. The Balaban J connectivity index is 1.49. The second-order valence-corrected chi connectivity index (χ2v) is 10.2. The highest BCUT2D eigenvalue weighted by Crippen LogP contribution is 2.60. The van der Waals surface area contributed by atoms with Crippen molar-refractivity contribution in [1.82, 2.24) is 0 Å². The van der Waals surface area contributed by atoms with Gasteiger partial charge < -0.3 is 19.5 Å². The van der Waals surface area contributed by atoms with Gasteiger partial charge in [-0.1, -0.05) is 47.1 Å². The number of benzene rings is 2. The molecule has 6 heteroatoms. The Morgan fingerprint density at radius 2 is 1.88 bits per heavy atom. The molecule has 2 aromatic rings. The van der Waals surface area contributed by atoms with E-state index in [4.69, 9.17) is 14.4 Å². The maximum absolute atomic E-state index is 10.5. The van der Waals surface area contributed by atoms with Crippen molar-refractivity contribution >= 4 is 11.4 Å². The lowest BCUT2D eigenvalue weighted by molar-refractivity contribution is 0.101. The summed E-state index contributed by atoms with van der Waals surface area (Å²) in [6.07, 6.45) is 5.08. The second-order valence-electron chi connectivity index (χ2n) is 10.2. The topological polar surface area (TPSA) is 72.6 Å². The number of hydrogen-bond acceptors (Lipinski definition) is 6. The van der Waals surface area contributed by atoms with E-state index in [1.165, 1.54) is 16.8 Å². The molecule has 5 rings (SSSR count). The van der Waals surface area contributed by atoms with Gasteiger partial charge in [0.25, 0.3) is 0 Å². The fourth-order valence-electron chi connectivity index (χ4n) is 6.60. The predicted octanol–water partition coefficient (Wildman–Crippen LogP) is 5.95. The van der Waals surface area contributed by atoms with Crippen molar-refractivity contribution in [3.63, 3.8) is 0 Å². The van der Waals surface area contributed by atoms with Crippen molar-refractivity contribution in [2.45, 2.75) is 58.5 Å². The van der Waals surface area contributed by atoms with Crippen LogP contribution in [0.3, 0.4) is 0 Å². The summed E-state index contributed by atoms with van der Waals surface area (Å²) in [6, 6.07) is 12.1. The van der Waals surface area contributed by atoms with E-state index in [1.54, 1.807) is 20.3 Å². The number of phenols is 1. The smallest absolute Gasteiger partial charge is 0.160 e. The summed E-state index contributed by atoms with van der Waals surface area (Å²) >= 11 is 0. The van der Waals surface area contributed by atoms with Gasteiger partial charge in [0.2, 0.25) is 0 Å². The maximum Gasteiger partial charge on any atom is 0.160 e. The number of oxime groups is 2.